The van der Waals surface area contributed by atoms with Gasteiger partial charge in [-0.3, -0.25) is 20.4 Å². The summed E-state index contributed by atoms with van der Waals surface area (Å²) >= 11 is 10.4. The molecule has 2 heterocycles. The smallest absolute Gasteiger partial charge is 0.331 e. The molecule has 0 radical (unpaired) electrons. The molecule has 0 saturated carbocycles. The molecule has 0 saturated heterocycles. The second kappa shape index (κ2) is 20.7. The van der Waals surface area contributed by atoms with E-state index in [9.17, 15) is 9.59 Å². The first-order valence-corrected chi connectivity index (χ1v) is 18.2. The third kappa shape index (κ3) is 11.9. The molecule has 7 N–H and O–H groups in total. The number of pyridine rings is 2. The number of aromatic amines is 2. The number of aromatic nitrogens is 2. The zero-order valence-corrected chi connectivity index (χ0v) is 33.3. The fourth-order valence-electron chi connectivity index (χ4n) is 5.81. The van der Waals surface area contributed by atoms with Crippen LogP contribution in [0.3, 0.4) is 0 Å². The Hall–Kier alpha value is -7.31. The number of H-pyrrole nitrogens is 2. The first kappa shape index (κ1) is 42.8. The van der Waals surface area contributed by atoms with E-state index in [0.29, 0.717) is 21.4 Å². The number of hydrogen-bond donors (Lipinski definition) is 7. The molecule has 0 aliphatic heterocycles. The number of anilines is 2. The standard InChI is InChI=1S/2C21H16N4OS.Co.HNO3/c2*26-20-16(13-22-25-21(27)23-17-7-2-1-3-8-17)12-15-11-10-14-6-4-5-9-18(14)19(15)24-20;;2-1(3)4/h2*1-13H,(H,24,26)(H2,23,25,27);;(H,2,3,4)/q;;+3;/b2*22-13+;;. The van der Waals surface area contributed by atoms with Crippen LogP contribution < -0.4 is 32.6 Å². The molecule has 0 atom stereocenters. The van der Waals surface area contributed by atoms with Gasteiger partial charge in [0.15, 0.2) is 10.2 Å². The van der Waals surface area contributed by atoms with Gasteiger partial charge in [0.1, 0.15) is 0 Å². The second-order valence-corrected chi connectivity index (χ2v) is 13.0. The predicted octanol–water partition coefficient (Wildman–Crippen LogP) is 7.65. The van der Waals surface area contributed by atoms with Crippen LogP contribution in [0.1, 0.15) is 11.1 Å². The van der Waals surface area contributed by atoms with Gasteiger partial charge < -0.3 is 25.8 Å². The Morgan fingerprint density at radius 2 is 0.915 bits per heavy atom. The number of para-hydroxylation sites is 2. The van der Waals surface area contributed by atoms with Gasteiger partial charge in [0.2, 0.25) is 0 Å². The number of rotatable bonds is 6. The number of nitrogens with zero attached hydrogens (tertiary/aromatic N) is 3. The van der Waals surface area contributed by atoms with Crippen LogP contribution in [0.5, 0.6) is 0 Å². The first-order valence-electron chi connectivity index (χ1n) is 17.4. The van der Waals surface area contributed by atoms with Gasteiger partial charge >= 0.3 is 16.8 Å². The number of thiocarbonyl (C=S) groups is 2. The van der Waals surface area contributed by atoms with Crippen LogP contribution in [0.4, 0.5) is 11.4 Å². The van der Waals surface area contributed by atoms with Gasteiger partial charge in [-0.15, -0.1) is 10.1 Å². The maximum Gasteiger partial charge on any atom is 3.00 e. The first-order chi connectivity index (χ1) is 28.1. The Balaban J connectivity index is 0.000000203. The fourth-order valence-corrected chi connectivity index (χ4v) is 6.15. The molecule has 0 amide bonds. The van der Waals surface area contributed by atoms with Crippen molar-refractivity contribution < 1.29 is 27.1 Å². The van der Waals surface area contributed by atoms with Crippen molar-refractivity contribution in [1.29, 1.82) is 0 Å². The third-order valence-corrected chi connectivity index (χ3v) is 8.74. The van der Waals surface area contributed by atoms with Crippen LogP contribution in [0.25, 0.3) is 43.4 Å². The molecule has 14 nitrogen and oxygen atoms in total. The summed E-state index contributed by atoms with van der Waals surface area (Å²) in [7, 11) is 0. The van der Waals surface area contributed by atoms with Crippen molar-refractivity contribution in [2.24, 2.45) is 10.2 Å². The number of nitrogens with one attached hydrogen (secondary N) is 6. The molecule has 0 aliphatic carbocycles. The normalized spacial score (nSPS) is 10.6. The van der Waals surface area contributed by atoms with Crippen molar-refractivity contribution in [2.75, 3.05) is 10.6 Å². The predicted molar refractivity (Wildman–Crippen MR) is 240 cm³/mol. The summed E-state index contributed by atoms with van der Waals surface area (Å²) in [6, 6.07) is 46.7. The van der Waals surface area contributed by atoms with E-state index in [1.807, 2.05) is 146 Å². The quantitative estimate of drug-likeness (QED) is 0.0285. The zero-order valence-electron chi connectivity index (χ0n) is 30.6. The molecule has 59 heavy (non-hydrogen) atoms. The Kier molecular flexibility index (Phi) is 15.0. The minimum Gasteiger partial charge on any atom is -0.331 e. The van der Waals surface area contributed by atoms with E-state index >= 15 is 0 Å². The maximum atomic E-state index is 12.4. The van der Waals surface area contributed by atoms with Gasteiger partial charge in [0.05, 0.1) is 34.6 Å². The van der Waals surface area contributed by atoms with Gasteiger partial charge in [-0.2, -0.15) is 10.2 Å². The van der Waals surface area contributed by atoms with Crippen LogP contribution in [0.15, 0.2) is 165 Å². The minimum absolute atomic E-state index is 0. The van der Waals surface area contributed by atoms with Crippen molar-refractivity contribution >= 4 is 102 Å². The molecule has 8 rings (SSSR count). The van der Waals surface area contributed by atoms with Gasteiger partial charge in [-0.1, -0.05) is 109 Å². The molecule has 0 bridgehead atoms. The van der Waals surface area contributed by atoms with Crippen molar-refractivity contribution in [3.63, 3.8) is 0 Å². The van der Waals surface area contributed by atoms with Crippen molar-refractivity contribution in [3.05, 3.63) is 188 Å². The largest absolute Gasteiger partial charge is 3.00 e. The summed E-state index contributed by atoms with van der Waals surface area (Å²) in [5, 5.41) is 34.6. The van der Waals surface area contributed by atoms with E-state index < -0.39 is 5.09 Å². The topological polar surface area (TPSA) is 202 Å². The van der Waals surface area contributed by atoms with E-state index in [4.69, 9.17) is 39.8 Å². The molecule has 17 heteroatoms. The SMILES string of the molecule is O=[N+]([O-])O.O=c1[nH]c2c(ccc3ccccc32)cc1/C=N/NC(=S)Nc1ccccc1.O=c1[nH]c2c(ccc3ccccc32)cc1/C=N/NC(=S)Nc1ccccc1.[Co+3]. The molecular weight excluding hydrogens is 834 g/mol. The minimum atomic E-state index is -1.50. The molecule has 6 aromatic carbocycles. The zero-order chi connectivity index (χ0) is 40.9. The number of benzene rings is 6. The van der Waals surface area contributed by atoms with Crippen molar-refractivity contribution in [3.8, 4) is 0 Å². The summed E-state index contributed by atoms with van der Waals surface area (Å²) in [4.78, 5) is 39.1. The Morgan fingerprint density at radius 3 is 1.31 bits per heavy atom. The van der Waals surface area contributed by atoms with E-state index in [-0.39, 0.29) is 27.9 Å². The van der Waals surface area contributed by atoms with Gasteiger partial charge in [0, 0.05) is 22.1 Å². The average molecular weight is 867 g/mol. The van der Waals surface area contributed by atoms with Gasteiger partial charge in [0.25, 0.3) is 16.2 Å². The molecule has 8 aromatic rings. The monoisotopic (exact) mass is 866 g/mol. The van der Waals surface area contributed by atoms with E-state index in [1.54, 1.807) is 0 Å². The fraction of sp³-hybridized carbons (Fsp3) is 0. The van der Waals surface area contributed by atoms with Crippen LogP contribution >= 0.6 is 24.4 Å². The average Bonchev–Trinajstić information content (AvgIpc) is 3.22. The maximum absolute atomic E-state index is 12.4. The summed E-state index contributed by atoms with van der Waals surface area (Å²) in [5.41, 5.74) is 9.31. The van der Waals surface area contributed by atoms with E-state index in [2.05, 4.69) is 41.7 Å². The van der Waals surface area contributed by atoms with Crippen LogP contribution in [-0.4, -0.2) is 42.9 Å². The number of hydrogen-bond acceptors (Lipinski definition) is 8. The Morgan fingerprint density at radius 1 is 0.576 bits per heavy atom. The number of hydrazone groups is 2. The van der Waals surface area contributed by atoms with E-state index in [0.717, 1.165) is 54.7 Å². The van der Waals surface area contributed by atoms with Crippen LogP contribution in [-0.2, 0) is 16.8 Å². The molecule has 294 valence electrons. The Bertz CT molecular complexity index is 2750. The van der Waals surface area contributed by atoms with Crippen LogP contribution in [0, 0.1) is 10.1 Å². The molecular formula is C42H33CoN9O5S2+3. The van der Waals surface area contributed by atoms with Crippen LogP contribution in [0.2, 0.25) is 0 Å². The number of fused-ring (bicyclic) bond motifs is 6. The van der Waals surface area contributed by atoms with Crippen molar-refractivity contribution in [1.82, 2.24) is 20.8 Å². The molecule has 0 spiro atoms. The Labute approximate surface area is 356 Å². The molecule has 2 aromatic heterocycles. The summed E-state index contributed by atoms with van der Waals surface area (Å²) in [6.07, 6.45) is 2.93. The molecule has 0 aliphatic rings. The van der Waals surface area contributed by atoms with Gasteiger partial charge in [-0.25, -0.2) is 0 Å². The van der Waals surface area contributed by atoms with E-state index in [1.165, 1.54) is 12.4 Å². The molecule has 0 unspecified atom stereocenters. The molecule has 0 fully saturated rings. The summed E-state index contributed by atoms with van der Waals surface area (Å²) in [5.74, 6) is 0. The van der Waals surface area contributed by atoms with Gasteiger partial charge in [-0.05, 0) is 82.4 Å². The summed E-state index contributed by atoms with van der Waals surface area (Å²) < 4.78 is 0. The summed E-state index contributed by atoms with van der Waals surface area (Å²) in [6.45, 7) is 0. The third-order valence-electron chi connectivity index (χ3n) is 8.35. The second-order valence-electron chi connectivity index (χ2n) is 12.2. The van der Waals surface area contributed by atoms with Crippen molar-refractivity contribution in [2.45, 2.75) is 0 Å².